The summed E-state index contributed by atoms with van der Waals surface area (Å²) in [6.45, 7) is 15.0. The second-order valence-electron chi connectivity index (χ2n) is 4.59. The van der Waals surface area contributed by atoms with Crippen LogP contribution in [0.15, 0.2) is 18.2 Å². The Morgan fingerprint density at radius 3 is 1.48 bits per heavy atom. The van der Waals surface area contributed by atoms with E-state index in [4.69, 9.17) is 25.3 Å². The van der Waals surface area contributed by atoms with Gasteiger partial charge in [0.05, 0.1) is 11.4 Å². The van der Waals surface area contributed by atoms with Crippen molar-refractivity contribution in [1.29, 1.82) is 0 Å². The molecule has 0 atom stereocenters. The molecule has 3 nitrogen and oxygen atoms in total. The van der Waals surface area contributed by atoms with E-state index < -0.39 is 0 Å². The van der Waals surface area contributed by atoms with Crippen LogP contribution in [0.4, 0.5) is 0 Å². The molecule has 0 fully saturated rings. The molecular formula is C15H27Cl2CoN3. The molecule has 1 rings (SSSR count). The van der Waals surface area contributed by atoms with Gasteiger partial charge in [-0.25, -0.2) is 0 Å². The van der Waals surface area contributed by atoms with Crippen LogP contribution in [0.1, 0.15) is 39.1 Å². The summed E-state index contributed by atoms with van der Waals surface area (Å²) in [4.78, 5) is 9.55. The van der Waals surface area contributed by atoms with E-state index in [-0.39, 0.29) is 0 Å². The third kappa shape index (κ3) is 9.71. The van der Waals surface area contributed by atoms with Crippen molar-refractivity contribution in [3.63, 3.8) is 0 Å². The van der Waals surface area contributed by atoms with Crippen molar-refractivity contribution >= 4 is 20.3 Å². The molecule has 0 N–H and O–H groups in total. The molecule has 1 aromatic rings. The monoisotopic (exact) mass is 378 g/mol. The zero-order valence-corrected chi connectivity index (χ0v) is 16.0. The molecule has 0 aliphatic heterocycles. The van der Waals surface area contributed by atoms with Crippen LogP contribution in [0, 0.1) is 0 Å². The predicted octanol–water partition coefficient (Wildman–Crippen LogP) is 4.14. The molecule has 0 bridgehead atoms. The second-order valence-corrected chi connectivity index (χ2v) is 6.31. The van der Waals surface area contributed by atoms with Crippen LogP contribution >= 0.6 is 20.3 Å². The van der Waals surface area contributed by atoms with E-state index in [1.807, 2.05) is 0 Å². The molecule has 0 aliphatic rings. The maximum absolute atomic E-state index is 4.76. The predicted molar refractivity (Wildman–Crippen MR) is 89.2 cm³/mol. The van der Waals surface area contributed by atoms with Gasteiger partial charge in [0, 0.05) is 13.1 Å². The van der Waals surface area contributed by atoms with E-state index in [0.717, 1.165) is 39.3 Å². The van der Waals surface area contributed by atoms with Crippen LogP contribution in [0.25, 0.3) is 0 Å². The Kier molecular flexibility index (Phi) is 13.9. The minimum absolute atomic E-state index is 0.382. The van der Waals surface area contributed by atoms with E-state index in [0.29, 0.717) is 12.9 Å². The van der Waals surface area contributed by atoms with Crippen LogP contribution < -0.4 is 0 Å². The molecule has 21 heavy (non-hydrogen) atoms. The summed E-state index contributed by atoms with van der Waals surface area (Å²) in [5.74, 6) is 0. The molecule has 0 saturated carbocycles. The average Bonchev–Trinajstić information content (AvgIpc) is 2.51. The van der Waals surface area contributed by atoms with Gasteiger partial charge in [0.25, 0.3) is 0 Å². The summed E-state index contributed by atoms with van der Waals surface area (Å²) in [5, 5.41) is 0. The zero-order valence-electron chi connectivity index (χ0n) is 13.4. The summed E-state index contributed by atoms with van der Waals surface area (Å²) in [6.07, 6.45) is 0. The van der Waals surface area contributed by atoms with Gasteiger partial charge < -0.3 is 0 Å². The van der Waals surface area contributed by atoms with Crippen LogP contribution in [0.5, 0.6) is 0 Å². The maximum atomic E-state index is 4.76. The number of hydrogen-bond acceptors (Lipinski definition) is 3. The van der Waals surface area contributed by atoms with Crippen LogP contribution in [-0.4, -0.2) is 41.0 Å². The van der Waals surface area contributed by atoms with Crippen molar-refractivity contribution in [2.75, 3.05) is 26.2 Å². The Morgan fingerprint density at radius 1 is 0.857 bits per heavy atom. The van der Waals surface area contributed by atoms with Gasteiger partial charge in [-0.3, -0.25) is 14.8 Å². The third-order valence-electron chi connectivity index (χ3n) is 3.42. The fraction of sp³-hybridized carbons (Fsp3) is 0.667. The Bertz CT molecular complexity index is 329. The molecule has 1 heterocycles. The Hall–Kier alpha value is 0.156. The standard InChI is InChI=1S/C15H27N3.2ClH.Co/c1-5-17(6-2)12-14-10-9-11-15(16-14)13-18(7-3)8-4;;;/h9-11H,5-8,12-13H2,1-4H3;2*1H;/q;;;+2/p-2. The first-order valence-electron chi connectivity index (χ1n) is 7.38. The van der Waals surface area contributed by atoms with E-state index in [9.17, 15) is 0 Å². The summed E-state index contributed by atoms with van der Waals surface area (Å²) in [7, 11) is 9.47. The van der Waals surface area contributed by atoms with Gasteiger partial charge in [-0.15, -0.1) is 0 Å². The van der Waals surface area contributed by atoms with Gasteiger partial charge in [-0.05, 0) is 38.3 Å². The Balaban J connectivity index is 0.00000122. The van der Waals surface area contributed by atoms with E-state index in [2.05, 4.69) is 55.7 Å². The van der Waals surface area contributed by atoms with Gasteiger partial charge in [-0.2, -0.15) is 0 Å². The van der Waals surface area contributed by atoms with Crippen LogP contribution in [0.3, 0.4) is 0 Å². The minimum atomic E-state index is 0.382. The molecule has 0 spiro atoms. The van der Waals surface area contributed by atoms with Gasteiger partial charge in [-0.1, -0.05) is 33.8 Å². The molecule has 6 heteroatoms. The topological polar surface area (TPSA) is 19.4 Å². The molecule has 0 unspecified atom stereocenters. The van der Waals surface area contributed by atoms with Crippen molar-refractivity contribution in [3.05, 3.63) is 29.6 Å². The number of pyridine rings is 1. The van der Waals surface area contributed by atoms with Crippen molar-refractivity contribution in [2.45, 2.75) is 40.8 Å². The summed E-state index contributed by atoms with van der Waals surface area (Å²) in [5.41, 5.74) is 2.37. The number of rotatable bonds is 8. The molecule has 125 valence electrons. The molecule has 0 amide bonds. The van der Waals surface area contributed by atoms with Crippen molar-refractivity contribution < 1.29 is 12.9 Å². The van der Waals surface area contributed by atoms with E-state index >= 15 is 0 Å². The Morgan fingerprint density at radius 2 is 1.19 bits per heavy atom. The fourth-order valence-corrected chi connectivity index (χ4v) is 2.06. The molecule has 0 aliphatic carbocycles. The molecular weight excluding hydrogens is 352 g/mol. The third-order valence-corrected chi connectivity index (χ3v) is 3.42. The summed E-state index contributed by atoms with van der Waals surface area (Å²) >= 11 is 0.382. The van der Waals surface area contributed by atoms with Gasteiger partial charge >= 0.3 is 33.2 Å². The van der Waals surface area contributed by atoms with Crippen LogP contribution in [-0.2, 0) is 26.0 Å². The molecule has 0 radical (unpaired) electrons. The normalized spacial score (nSPS) is 10.9. The van der Waals surface area contributed by atoms with Crippen molar-refractivity contribution in [1.82, 2.24) is 14.8 Å². The second kappa shape index (κ2) is 13.8. The van der Waals surface area contributed by atoms with Crippen molar-refractivity contribution in [2.24, 2.45) is 0 Å². The summed E-state index contributed by atoms with van der Waals surface area (Å²) in [6, 6.07) is 6.39. The Labute approximate surface area is 144 Å². The SMILES string of the molecule is CCN(CC)Cc1cccc(CN(CC)CC)n1.[Cl][Co][Cl]. The number of nitrogens with zero attached hydrogens (tertiary/aromatic N) is 3. The van der Waals surface area contributed by atoms with Gasteiger partial charge in [0.2, 0.25) is 0 Å². The summed E-state index contributed by atoms with van der Waals surface area (Å²) < 4.78 is 0. The first kappa shape index (κ1) is 21.2. The quantitative estimate of drug-likeness (QED) is 0.677. The molecule has 1 aromatic heterocycles. The van der Waals surface area contributed by atoms with E-state index in [1.165, 1.54) is 11.4 Å². The molecule has 0 aromatic carbocycles. The first-order valence-corrected chi connectivity index (χ1v) is 10.2. The first-order chi connectivity index (χ1) is 10.1. The van der Waals surface area contributed by atoms with Gasteiger partial charge in [0.15, 0.2) is 0 Å². The number of halogens is 2. The number of hydrogen-bond donors (Lipinski definition) is 0. The van der Waals surface area contributed by atoms with Gasteiger partial charge in [0.1, 0.15) is 0 Å². The molecule has 0 saturated heterocycles. The van der Waals surface area contributed by atoms with Crippen molar-refractivity contribution in [3.8, 4) is 0 Å². The number of aromatic nitrogens is 1. The van der Waals surface area contributed by atoms with E-state index in [1.54, 1.807) is 0 Å². The van der Waals surface area contributed by atoms with Crippen LogP contribution in [0.2, 0.25) is 0 Å². The zero-order chi connectivity index (χ0) is 16.1. The average molecular weight is 379 g/mol. The fourth-order valence-electron chi connectivity index (χ4n) is 2.06.